The number of likely N-dealkylation sites (tertiary alicyclic amines) is 1. The maximum atomic E-state index is 13.5. The molecular formula is C34H37F6N5O7. The highest BCUT2D eigenvalue weighted by Gasteiger charge is 2.39. The summed E-state index contributed by atoms with van der Waals surface area (Å²) in [6, 6.07) is 24.3. The van der Waals surface area contributed by atoms with Crippen LogP contribution >= 0.6 is 0 Å². The summed E-state index contributed by atoms with van der Waals surface area (Å²) in [5.74, 6) is -3.67. The number of rotatable bonds is 10. The third-order valence-electron chi connectivity index (χ3n) is 7.08. The molecular weight excluding hydrogens is 704 g/mol. The second kappa shape index (κ2) is 19.5. The van der Waals surface area contributed by atoms with Crippen LogP contribution in [-0.2, 0) is 16.1 Å². The average molecular weight is 742 g/mol. The average Bonchev–Trinajstić information content (AvgIpc) is 3.08. The zero-order chi connectivity index (χ0) is 39.1. The predicted octanol–water partition coefficient (Wildman–Crippen LogP) is 5.80. The molecule has 4 rings (SSSR count). The normalized spacial score (nSPS) is 12.9. The number of alkyl halides is 6. The van der Waals surface area contributed by atoms with Gasteiger partial charge in [-0.3, -0.25) is 15.6 Å². The molecule has 0 aliphatic carbocycles. The number of halogens is 6. The molecule has 52 heavy (non-hydrogen) atoms. The molecule has 1 amide bonds. The topological polar surface area (TPSA) is 190 Å². The number of carbonyl (C=O) groups excluding carboxylic acids is 1. The maximum Gasteiger partial charge on any atom is 0.490 e. The molecule has 1 aliphatic heterocycles. The van der Waals surface area contributed by atoms with Crippen molar-refractivity contribution in [1.29, 1.82) is 10.8 Å². The number of hydrogen-bond acceptors (Lipinski definition) is 7. The number of nitrogen functional groups attached to an aromatic ring is 1. The number of nitrogens with one attached hydrogen (secondary N) is 2. The van der Waals surface area contributed by atoms with Crippen LogP contribution in [0.1, 0.15) is 41.3 Å². The summed E-state index contributed by atoms with van der Waals surface area (Å²) in [6.45, 7) is 4.62. The van der Waals surface area contributed by atoms with Crippen LogP contribution in [0.5, 0.6) is 11.5 Å². The number of aliphatic carboxylic acids is 2. The van der Waals surface area contributed by atoms with Gasteiger partial charge in [0.25, 0.3) is 5.91 Å². The van der Waals surface area contributed by atoms with Crippen LogP contribution in [0, 0.1) is 10.8 Å². The molecule has 6 N–H and O–H groups in total. The van der Waals surface area contributed by atoms with E-state index in [0.717, 1.165) is 37.2 Å². The number of carboxylic acid groups (broad SMARTS) is 2. The van der Waals surface area contributed by atoms with E-state index in [1.165, 1.54) is 0 Å². The summed E-state index contributed by atoms with van der Waals surface area (Å²) in [5.41, 5.74) is 7.80. The number of benzene rings is 3. The summed E-state index contributed by atoms with van der Waals surface area (Å²) < 4.78 is 75.5. The Morgan fingerprint density at radius 1 is 0.827 bits per heavy atom. The van der Waals surface area contributed by atoms with Crippen molar-refractivity contribution in [2.24, 2.45) is 5.73 Å². The Hall–Kier alpha value is -5.81. The number of piperidine rings is 1. The summed E-state index contributed by atoms with van der Waals surface area (Å²) in [5, 5.41) is 29.6. The molecule has 3 aromatic rings. The van der Waals surface area contributed by atoms with Crippen molar-refractivity contribution < 1.29 is 60.4 Å². The van der Waals surface area contributed by atoms with Crippen molar-refractivity contribution in [2.75, 3.05) is 26.2 Å². The van der Waals surface area contributed by atoms with E-state index in [1.807, 2.05) is 67.6 Å². The Morgan fingerprint density at radius 3 is 1.85 bits per heavy atom. The Kier molecular flexibility index (Phi) is 15.9. The van der Waals surface area contributed by atoms with Gasteiger partial charge in [0.2, 0.25) is 0 Å². The predicted molar refractivity (Wildman–Crippen MR) is 177 cm³/mol. The number of ether oxygens (including phenoxy) is 2. The zero-order valence-electron chi connectivity index (χ0n) is 27.7. The number of hydrogen-bond donors (Lipinski definition) is 5. The third-order valence-corrected chi connectivity index (χ3v) is 7.08. The third kappa shape index (κ3) is 15.0. The molecule has 0 bridgehead atoms. The highest BCUT2D eigenvalue weighted by molar-refractivity contribution is 5.95. The molecule has 18 heteroatoms. The van der Waals surface area contributed by atoms with Crippen molar-refractivity contribution >= 4 is 29.5 Å². The molecule has 1 saturated heterocycles. The van der Waals surface area contributed by atoms with E-state index in [9.17, 15) is 31.1 Å². The van der Waals surface area contributed by atoms with E-state index < -0.39 is 24.3 Å². The lowest BCUT2D eigenvalue weighted by atomic mass is 10.1. The van der Waals surface area contributed by atoms with Crippen LogP contribution in [0.4, 0.5) is 26.3 Å². The summed E-state index contributed by atoms with van der Waals surface area (Å²) >= 11 is 0. The van der Waals surface area contributed by atoms with Gasteiger partial charge in [-0.1, -0.05) is 42.5 Å². The van der Waals surface area contributed by atoms with Gasteiger partial charge in [0, 0.05) is 43.6 Å². The summed E-state index contributed by atoms with van der Waals surface area (Å²) in [4.78, 5) is 35.1. The molecule has 0 atom stereocenters. The van der Waals surface area contributed by atoms with Gasteiger partial charge in [0.1, 0.15) is 30.0 Å². The quantitative estimate of drug-likeness (QED) is 0.0972. The fourth-order valence-electron chi connectivity index (χ4n) is 4.44. The number of carboxylic acids is 2. The van der Waals surface area contributed by atoms with E-state index in [0.29, 0.717) is 42.4 Å². The Bertz CT molecular complexity index is 1620. The van der Waals surface area contributed by atoms with E-state index in [2.05, 4.69) is 4.90 Å². The van der Waals surface area contributed by atoms with Crippen LogP contribution in [0.3, 0.4) is 0 Å². The first-order valence-electron chi connectivity index (χ1n) is 15.4. The highest BCUT2D eigenvalue weighted by atomic mass is 19.4. The molecule has 0 spiro atoms. The van der Waals surface area contributed by atoms with Crippen molar-refractivity contribution in [1.82, 2.24) is 9.80 Å². The molecule has 0 unspecified atom stereocenters. The molecule has 3 aromatic carbocycles. The Morgan fingerprint density at radius 2 is 1.37 bits per heavy atom. The molecule has 1 fully saturated rings. The number of nitrogens with zero attached hydrogens (tertiary/aromatic N) is 2. The second-order valence-electron chi connectivity index (χ2n) is 11.0. The van der Waals surface area contributed by atoms with Gasteiger partial charge in [-0.05, 0) is 48.9 Å². The van der Waals surface area contributed by atoms with Gasteiger partial charge in [-0.25, -0.2) is 9.59 Å². The van der Waals surface area contributed by atoms with Crippen LogP contribution in [0.2, 0.25) is 0 Å². The van der Waals surface area contributed by atoms with Gasteiger partial charge in [0.15, 0.2) is 0 Å². The summed E-state index contributed by atoms with van der Waals surface area (Å²) in [7, 11) is 0. The molecule has 12 nitrogen and oxygen atoms in total. The smallest absolute Gasteiger partial charge is 0.490 e. The maximum absolute atomic E-state index is 13.5. The Balaban J connectivity index is 0.000000564. The van der Waals surface area contributed by atoms with E-state index in [1.54, 1.807) is 23.1 Å². The lowest BCUT2D eigenvalue weighted by Crippen LogP contribution is -2.40. The number of amides is 1. The van der Waals surface area contributed by atoms with Crippen LogP contribution in [-0.4, -0.2) is 94.2 Å². The van der Waals surface area contributed by atoms with E-state index >= 15 is 0 Å². The molecule has 0 radical (unpaired) electrons. The number of nitrogens with two attached hydrogens (primary N) is 1. The minimum atomic E-state index is -5.08. The number of amidine groups is 2. The first-order valence-corrected chi connectivity index (χ1v) is 15.4. The van der Waals surface area contributed by atoms with Gasteiger partial charge in [-0.2, -0.15) is 26.3 Å². The van der Waals surface area contributed by atoms with Gasteiger partial charge >= 0.3 is 24.3 Å². The lowest BCUT2D eigenvalue weighted by Gasteiger charge is -2.32. The van der Waals surface area contributed by atoms with Gasteiger partial charge < -0.3 is 35.2 Å². The molecule has 0 saturated carbocycles. The van der Waals surface area contributed by atoms with Crippen LogP contribution in [0.15, 0.2) is 78.9 Å². The molecule has 1 aliphatic rings. The van der Waals surface area contributed by atoms with Crippen LogP contribution in [0.25, 0.3) is 0 Å². The van der Waals surface area contributed by atoms with Crippen LogP contribution < -0.4 is 15.2 Å². The minimum absolute atomic E-state index is 0.0179. The van der Waals surface area contributed by atoms with E-state index in [-0.39, 0.29) is 17.8 Å². The monoisotopic (exact) mass is 741 g/mol. The first-order chi connectivity index (χ1) is 24.3. The lowest BCUT2D eigenvalue weighted by molar-refractivity contribution is -0.193. The van der Waals surface area contributed by atoms with Crippen molar-refractivity contribution in [3.8, 4) is 11.5 Å². The molecule has 282 valence electrons. The van der Waals surface area contributed by atoms with Gasteiger partial charge in [0.05, 0.1) is 12.4 Å². The highest BCUT2D eigenvalue weighted by Crippen LogP contribution is 2.21. The number of carbonyl (C=O) groups is 3. The van der Waals surface area contributed by atoms with E-state index in [4.69, 9.17) is 45.8 Å². The standard InChI is InChI=1S/C30H35N5O3.2C2HF3O2/c1-22(31)34-16-14-27(15-17-34)38-26-12-10-24(11-13-26)30(36)35(21-23-6-3-2-4-7-23)18-19-37-28-9-5-8-25(20-28)29(32)33;2*3-2(4,5)1(6)7/h2-13,20,27,31H,14-19,21H2,1H3,(H3,32,33);2*(H,6,7). The van der Waals surface area contributed by atoms with Crippen molar-refractivity contribution in [3.63, 3.8) is 0 Å². The molecule has 0 aromatic heterocycles. The fourth-order valence-corrected chi connectivity index (χ4v) is 4.44. The fraction of sp³-hybridized carbons (Fsp3) is 0.324. The minimum Gasteiger partial charge on any atom is -0.492 e. The molecule has 1 heterocycles. The first kappa shape index (κ1) is 42.4. The van der Waals surface area contributed by atoms with Crippen molar-refractivity contribution in [3.05, 3.63) is 95.6 Å². The SMILES string of the molecule is CC(=N)N1CCC(Oc2ccc(C(=O)N(CCOc3cccc(C(=N)N)c3)Cc3ccccc3)cc2)CC1.O=C(O)C(F)(F)F.O=C(O)C(F)(F)F. The Labute approximate surface area is 294 Å². The van der Waals surface area contributed by atoms with Crippen molar-refractivity contribution in [2.45, 2.75) is 44.8 Å². The summed E-state index contributed by atoms with van der Waals surface area (Å²) in [6.07, 6.45) is -8.31. The second-order valence-corrected chi connectivity index (χ2v) is 11.0. The zero-order valence-corrected chi connectivity index (χ0v) is 27.7. The van der Waals surface area contributed by atoms with Gasteiger partial charge in [-0.15, -0.1) is 0 Å². The largest absolute Gasteiger partial charge is 0.492 e.